The Morgan fingerprint density at radius 3 is 2.21 bits per heavy atom. The first-order valence-corrected chi connectivity index (χ1v) is 5.75. The lowest BCUT2D eigenvalue weighted by Gasteiger charge is -2.51. The SMILES string of the molecule is CC1(C)[C@H](O)CC[C@]2(C)[C@@H]1CC[C@@H]2O. The summed E-state index contributed by atoms with van der Waals surface area (Å²) < 4.78 is 0. The van der Waals surface area contributed by atoms with Crippen molar-refractivity contribution in [2.24, 2.45) is 16.7 Å². The van der Waals surface area contributed by atoms with E-state index in [1.807, 2.05) is 0 Å². The van der Waals surface area contributed by atoms with E-state index in [0.29, 0.717) is 5.92 Å². The van der Waals surface area contributed by atoms with E-state index < -0.39 is 0 Å². The first-order valence-electron chi connectivity index (χ1n) is 5.75. The highest BCUT2D eigenvalue weighted by atomic mass is 16.3. The van der Waals surface area contributed by atoms with Gasteiger partial charge in [-0.2, -0.15) is 0 Å². The molecule has 2 heteroatoms. The highest BCUT2D eigenvalue weighted by molar-refractivity contribution is 5.06. The number of hydrogen-bond donors (Lipinski definition) is 2. The Labute approximate surface area is 86.3 Å². The number of fused-ring (bicyclic) bond motifs is 1. The van der Waals surface area contributed by atoms with E-state index in [1.165, 1.54) is 0 Å². The van der Waals surface area contributed by atoms with Gasteiger partial charge in [0.15, 0.2) is 0 Å². The maximum atomic E-state index is 10.0. The maximum absolute atomic E-state index is 10.0. The third-order valence-electron chi connectivity index (χ3n) is 5.00. The Hall–Kier alpha value is -0.0800. The fourth-order valence-corrected chi connectivity index (χ4v) is 3.83. The normalized spacial score (nSPS) is 51.6. The van der Waals surface area contributed by atoms with Gasteiger partial charge in [0.05, 0.1) is 12.2 Å². The smallest absolute Gasteiger partial charge is 0.0596 e. The van der Waals surface area contributed by atoms with E-state index in [2.05, 4.69) is 20.8 Å². The Bertz CT molecular complexity index is 236. The average molecular weight is 198 g/mol. The Morgan fingerprint density at radius 2 is 1.57 bits per heavy atom. The molecule has 0 radical (unpaired) electrons. The maximum Gasteiger partial charge on any atom is 0.0596 e. The van der Waals surface area contributed by atoms with Gasteiger partial charge >= 0.3 is 0 Å². The molecular weight excluding hydrogens is 176 g/mol. The molecule has 14 heavy (non-hydrogen) atoms. The third-order valence-corrected chi connectivity index (χ3v) is 5.00. The second kappa shape index (κ2) is 2.96. The van der Waals surface area contributed by atoms with Crippen molar-refractivity contribution in [1.29, 1.82) is 0 Å². The molecule has 0 unspecified atom stereocenters. The van der Waals surface area contributed by atoms with E-state index in [9.17, 15) is 10.2 Å². The molecule has 2 aliphatic rings. The van der Waals surface area contributed by atoms with Crippen LogP contribution in [0.25, 0.3) is 0 Å². The Balaban J connectivity index is 2.31. The average Bonchev–Trinajstić information content (AvgIpc) is 2.39. The molecule has 2 saturated carbocycles. The lowest BCUT2D eigenvalue weighted by atomic mass is 9.56. The predicted octanol–water partition coefficient (Wildman–Crippen LogP) is 1.94. The molecule has 0 aromatic heterocycles. The van der Waals surface area contributed by atoms with Crippen molar-refractivity contribution in [1.82, 2.24) is 0 Å². The topological polar surface area (TPSA) is 40.5 Å². The zero-order valence-corrected chi connectivity index (χ0v) is 9.45. The Kier molecular flexibility index (Phi) is 2.20. The molecule has 0 bridgehead atoms. The standard InChI is InChI=1S/C12H22O2/c1-11(2)8-4-5-10(14)12(8,3)7-6-9(11)13/h8-10,13-14H,4-7H2,1-3H3/t8-,9-,10+,12-/m1/s1. The molecule has 0 aliphatic heterocycles. The molecule has 0 saturated heterocycles. The van der Waals surface area contributed by atoms with E-state index in [0.717, 1.165) is 25.7 Å². The van der Waals surface area contributed by atoms with Crippen molar-refractivity contribution < 1.29 is 10.2 Å². The van der Waals surface area contributed by atoms with Crippen LogP contribution in [0, 0.1) is 16.7 Å². The predicted molar refractivity (Wildman–Crippen MR) is 55.9 cm³/mol. The minimum atomic E-state index is -0.189. The van der Waals surface area contributed by atoms with Crippen LogP contribution in [0.3, 0.4) is 0 Å². The minimum absolute atomic E-state index is 0.0233. The molecule has 2 fully saturated rings. The fraction of sp³-hybridized carbons (Fsp3) is 1.00. The van der Waals surface area contributed by atoms with Crippen LogP contribution in [-0.4, -0.2) is 22.4 Å². The molecule has 2 nitrogen and oxygen atoms in total. The largest absolute Gasteiger partial charge is 0.393 e. The lowest BCUT2D eigenvalue weighted by molar-refractivity contribution is -0.108. The lowest BCUT2D eigenvalue weighted by Crippen LogP contribution is -2.50. The van der Waals surface area contributed by atoms with Gasteiger partial charge in [0.2, 0.25) is 0 Å². The first-order chi connectivity index (χ1) is 6.39. The minimum Gasteiger partial charge on any atom is -0.393 e. The van der Waals surface area contributed by atoms with Gasteiger partial charge in [0.1, 0.15) is 0 Å². The van der Waals surface area contributed by atoms with Crippen molar-refractivity contribution in [3.63, 3.8) is 0 Å². The molecule has 0 aromatic rings. The van der Waals surface area contributed by atoms with Crippen LogP contribution < -0.4 is 0 Å². The van der Waals surface area contributed by atoms with Crippen molar-refractivity contribution in [2.75, 3.05) is 0 Å². The van der Waals surface area contributed by atoms with Gasteiger partial charge in [-0.05, 0) is 42.4 Å². The number of hydrogen-bond acceptors (Lipinski definition) is 2. The summed E-state index contributed by atoms with van der Waals surface area (Å²) >= 11 is 0. The van der Waals surface area contributed by atoms with Gasteiger partial charge in [-0.3, -0.25) is 0 Å². The van der Waals surface area contributed by atoms with Gasteiger partial charge in [-0.15, -0.1) is 0 Å². The van der Waals surface area contributed by atoms with Gasteiger partial charge < -0.3 is 10.2 Å². The number of aliphatic hydroxyl groups excluding tert-OH is 2. The van der Waals surface area contributed by atoms with Gasteiger partial charge in [0.25, 0.3) is 0 Å². The fourth-order valence-electron chi connectivity index (χ4n) is 3.83. The number of aliphatic hydroxyl groups is 2. The molecular formula is C12H22O2. The summed E-state index contributed by atoms with van der Waals surface area (Å²) in [6, 6.07) is 0. The molecule has 0 amide bonds. The van der Waals surface area contributed by atoms with Crippen molar-refractivity contribution in [3.8, 4) is 0 Å². The van der Waals surface area contributed by atoms with Crippen LogP contribution in [0.15, 0.2) is 0 Å². The van der Waals surface area contributed by atoms with Crippen LogP contribution in [-0.2, 0) is 0 Å². The summed E-state index contributed by atoms with van der Waals surface area (Å²) in [5.74, 6) is 0.480. The molecule has 0 heterocycles. The van der Waals surface area contributed by atoms with Gasteiger partial charge in [-0.1, -0.05) is 20.8 Å². The van der Waals surface area contributed by atoms with Crippen molar-refractivity contribution >= 4 is 0 Å². The molecule has 2 N–H and O–H groups in total. The first kappa shape index (κ1) is 10.4. The zero-order chi connectivity index (χ0) is 10.6. The molecule has 82 valence electrons. The van der Waals surface area contributed by atoms with E-state index in [1.54, 1.807) is 0 Å². The molecule has 0 aromatic carbocycles. The molecule has 2 rings (SSSR count). The van der Waals surface area contributed by atoms with Crippen LogP contribution in [0.1, 0.15) is 46.5 Å². The summed E-state index contributed by atoms with van der Waals surface area (Å²) in [4.78, 5) is 0. The Morgan fingerprint density at radius 1 is 0.929 bits per heavy atom. The van der Waals surface area contributed by atoms with Gasteiger partial charge in [0, 0.05) is 0 Å². The second-order valence-corrected chi connectivity index (χ2v) is 6.03. The van der Waals surface area contributed by atoms with Crippen LogP contribution in [0.2, 0.25) is 0 Å². The summed E-state index contributed by atoms with van der Waals surface area (Å²) in [7, 11) is 0. The summed E-state index contributed by atoms with van der Waals surface area (Å²) in [5, 5.41) is 20.0. The van der Waals surface area contributed by atoms with E-state index in [4.69, 9.17) is 0 Å². The molecule has 0 spiro atoms. The zero-order valence-electron chi connectivity index (χ0n) is 9.45. The summed E-state index contributed by atoms with van der Waals surface area (Å²) in [6.45, 7) is 6.50. The van der Waals surface area contributed by atoms with Crippen LogP contribution in [0.5, 0.6) is 0 Å². The van der Waals surface area contributed by atoms with Crippen LogP contribution >= 0.6 is 0 Å². The van der Waals surface area contributed by atoms with Crippen LogP contribution in [0.4, 0.5) is 0 Å². The molecule has 4 atom stereocenters. The van der Waals surface area contributed by atoms with Crippen molar-refractivity contribution in [3.05, 3.63) is 0 Å². The van der Waals surface area contributed by atoms with E-state index >= 15 is 0 Å². The highest BCUT2D eigenvalue weighted by Crippen LogP contribution is 2.59. The number of rotatable bonds is 0. The highest BCUT2D eigenvalue weighted by Gasteiger charge is 2.56. The van der Waals surface area contributed by atoms with Crippen molar-refractivity contribution in [2.45, 2.75) is 58.7 Å². The quantitative estimate of drug-likeness (QED) is 0.624. The monoisotopic (exact) mass is 198 g/mol. The summed E-state index contributed by atoms with van der Waals surface area (Å²) in [5.41, 5.74) is 0.0349. The third kappa shape index (κ3) is 1.17. The second-order valence-electron chi connectivity index (χ2n) is 6.03. The molecule has 2 aliphatic carbocycles. The van der Waals surface area contributed by atoms with E-state index in [-0.39, 0.29) is 23.0 Å². The van der Waals surface area contributed by atoms with Gasteiger partial charge in [-0.25, -0.2) is 0 Å². The summed E-state index contributed by atoms with van der Waals surface area (Å²) in [6.07, 6.45) is 3.46.